The van der Waals surface area contributed by atoms with Crippen molar-refractivity contribution in [3.8, 4) is 5.88 Å². The summed E-state index contributed by atoms with van der Waals surface area (Å²) in [5, 5.41) is 0. The van der Waals surface area contributed by atoms with E-state index in [1.54, 1.807) is 0 Å². The normalized spacial score (nSPS) is 11.2. The molecule has 1 aromatic heterocycles. The number of ether oxygens (including phenoxy) is 1. The van der Waals surface area contributed by atoms with Crippen LogP contribution in [0.1, 0.15) is 17.3 Å². The molecule has 0 aromatic carbocycles. The zero-order chi connectivity index (χ0) is 11.5. The van der Waals surface area contributed by atoms with Crippen molar-refractivity contribution in [1.29, 1.82) is 0 Å². The molecule has 0 radical (unpaired) electrons. The number of aromatic nitrogens is 1. The second-order valence-corrected chi connectivity index (χ2v) is 2.82. The van der Waals surface area contributed by atoms with Crippen LogP contribution in [0.2, 0.25) is 0 Å². The van der Waals surface area contributed by atoms with Crippen LogP contribution in [0.15, 0.2) is 18.3 Å². The Kier molecular flexibility index (Phi) is 3.28. The van der Waals surface area contributed by atoms with Crippen molar-refractivity contribution in [3.63, 3.8) is 0 Å². The molecule has 0 unspecified atom stereocenters. The Morgan fingerprint density at radius 1 is 1.53 bits per heavy atom. The van der Waals surface area contributed by atoms with Gasteiger partial charge in [0.1, 0.15) is 0 Å². The molecule has 0 N–H and O–H groups in total. The monoisotopic (exact) mass is 219 g/mol. The molecule has 15 heavy (non-hydrogen) atoms. The van der Waals surface area contributed by atoms with Crippen LogP contribution in [0.25, 0.3) is 0 Å². The molecule has 0 saturated heterocycles. The Bertz CT molecular complexity index is 363. The van der Waals surface area contributed by atoms with Crippen LogP contribution >= 0.6 is 0 Å². The van der Waals surface area contributed by atoms with E-state index in [9.17, 15) is 18.0 Å². The van der Waals surface area contributed by atoms with E-state index in [-0.39, 0.29) is 17.2 Å². The summed E-state index contributed by atoms with van der Waals surface area (Å²) in [6, 6.07) is 2.82. The minimum atomic E-state index is -4.44. The molecule has 0 aliphatic rings. The predicted octanol–water partition coefficient (Wildman–Crippen LogP) is 2.23. The van der Waals surface area contributed by atoms with Crippen LogP contribution < -0.4 is 4.74 Å². The summed E-state index contributed by atoms with van der Waals surface area (Å²) >= 11 is 0. The van der Waals surface area contributed by atoms with E-state index in [4.69, 9.17) is 0 Å². The van der Waals surface area contributed by atoms with Crippen LogP contribution in [0, 0.1) is 0 Å². The number of ketones is 1. The van der Waals surface area contributed by atoms with E-state index in [2.05, 4.69) is 9.72 Å². The zero-order valence-corrected chi connectivity index (χ0v) is 7.84. The SMILES string of the molecule is CC(=O)c1cccnc1OCC(F)(F)F. The molecule has 6 heteroatoms. The number of pyridine rings is 1. The smallest absolute Gasteiger partial charge is 0.422 e. The summed E-state index contributed by atoms with van der Waals surface area (Å²) < 4.78 is 39.9. The molecule has 82 valence electrons. The zero-order valence-electron chi connectivity index (χ0n) is 7.84. The Morgan fingerprint density at radius 2 is 2.20 bits per heavy atom. The molecule has 0 atom stereocenters. The van der Waals surface area contributed by atoms with Crippen molar-refractivity contribution in [2.75, 3.05) is 6.61 Å². The number of rotatable bonds is 3. The van der Waals surface area contributed by atoms with Crippen LogP contribution in [0.4, 0.5) is 13.2 Å². The molecular weight excluding hydrogens is 211 g/mol. The molecule has 1 rings (SSSR count). The Balaban J connectivity index is 2.81. The average molecular weight is 219 g/mol. The summed E-state index contributed by atoms with van der Waals surface area (Å²) in [4.78, 5) is 14.5. The highest BCUT2D eigenvalue weighted by molar-refractivity contribution is 5.96. The predicted molar refractivity (Wildman–Crippen MR) is 45.8 cm³/mol. The minimum Gasteiger partial charge on any atom is -0.467 e. The van der Waals surface area contributed by atoms with Gasteiger partial charge in [-0.05, 0) is 19.1 Å². The number of hydrogen-bond acceptors (Lipinski definition) is 3. The molecule has 1 heterocycles. The van der Waals surface area contributed by atoms with Gasteiger partial charge in [-0.25, -0.2) is 4.98 Å². The fourth-order valence-corrected chi connectivity index (χ4v) is 0.924. The highest BCUT2D eigenvalue weighted by atomic mass is 19.4. The number of carbonyl (C=O) groups excluding carboxylic acids is 1. The van der Waals surface area contributed by atoms with Gasteiger partial charge in [-0.2, -0.15) is 13.2 Å². The summed E-state index contributed by atoms with van der Waals surface area (Å²) in [5.41, 5.74) is 0.0433. The lowest BCUT2D eigenvalue weighted by Gasteiger charge is -2.09. The van der Waals surface area contributed by atoms with E-state index in [1.807, 2.05) is 0 Å². The molecule has 0 aliphatic heterocycles. The Hall–Kier alpha value is -1.59. The molecule has 0 spiro atoms. The van der Waals surface area contributed by atoms with E-state index in [1.165, 1.54) is 25.3 Å². The van der Waals surface area contributed by atoms with Crippen molar-refractivity contribution in [1.82, 2.24) is 4.98 Å². The third kappa shape index (κ3) is 3.57. The lowest BCUT2D eigenvalue weighted by molar-refractivity contribution is -0.154. The second kappa shape index (κ2) is 4.29. The van der Waals surface area contributed by atoms with Gasteiger partial charge in [0.2, 0.25) is 5.88 Å². The van der Waals surface area contributed by atoms with Gasteiger partial charge in [0, 0.05) is 6.20 Å². The Labute approximate surface area is 83.9 Å². The molecule has 0 saturated carbocycles. The number of carbonyl (C=O) groups is 1. The molecular formula is C9H8F3NO2. The standard InChI is InChI=1S/C9H8F3NO2/c1-6(14)7-3-2-4-13-8(7)15-5-9(10,11)12/h2-4H,5H2,1H3. The molecule has 1 aromatic rings. The van der Waals surface area contributed by atoms with Gasteiger partial charge in [0.15, 0.2) is 12.4 Å². The molecule has 3 nitrogen and oxygen atoms in total. The lowest BCUT2D eigenvalue weighted by atomic mass is 10.2. The fraction of sp³-hybridized carbons (Fsp3) is 0.333. The first kappa shape index (κ1) is 11.5. The van der Waals surface area contributed by atoms with E-state index in [0.29, 0.717) is 0 Å². The van der Waals surface area contributed by atoms with E-state index >= 15 is 0 Å². The number of nitrogens with zero attached hydrogens (tertiary/aromatic N) is 1. The van der Waals surface area contributed by atoms with Crippen molar-refractivity contribution >= 4 is 5.78 Å². The van der Waals surface area contributed by atoms with Crippen molar-refractivity contribution < 1.29 is 22.7 Å². The lowest BCUT2D eigenvalue weighted by Crippen LogP contribution is -2.20. The van der Waals surface area contributed by atoms with Gasteiger partial charge in [0.25, 0.3) is 0 Å². The summed E-state index contributed by atoms with van der Waals surface area (Å²) in [6.45, 7) is -0.220. The number of hydrogen-bond donors (Lipinski definition) is 0. The summed E-state index contributed by atoms with van der Waals surface area (Å²) in [5.74, 6) is -0.678. The first-order valence-corrected chi connectivity index (χ1v) is 4.05. The van der Waals surface area contributed by atoms with E-state index < -0.39 is 12.8 Å². The van der Waals surface area contributed by atoms with Crippen molar-refractivity contribution in [2.24, 2.45) is 0 Å². The molecule has 0 aliphatic carbocycles. The number of halogens is 3. The van der Waals surface area contributed by atoms with Crippen molar-refractivity contribution in [3.05, 3.63) is 23.9 Å². The van der Waals surface area contributed by atoms with Crippen LogP contribution in [-0.2, 0) is 0 Å². The number of Topliss-reactive ketones (excluding diaryl/α,β-unsaturated/α-hetero) is 1. The second-order valence-electron chi connectivity index (χ2n) is 2.82. The van der Waals surface area contributed by atoms with E-state index in [0.717, 1.165) is 0 Å². The maximum Gasteiger partial charge on any atom is 0.422 e. The van der Waals surface area contributed by atoms with Gasteiger partial charge in [-0.1, -0.05) is 0 Å². The summed E-state index contributed by atoms with van der Waals surface area (Å²) in [6.07, 6.45) is -3.18. The third-order valence-electron chi connectivity index (χ3n) is 1.52. The minimum absolute atomic E-state index is 0.0433. The molecule has 0 amide bonds. The van der Waals surface area contributed by atoms with Crippen LogP contribution in [0.5, 0.6) is 5.88 Å². The molecule has 0 bridgehead atoms. The van der Waals surface area contributed by atoms with Gasteiger partial charge >= 0.3 is 6.18 Å². The third-order valence-corrected chi connectivity index (χ3v) is 1.52. The fourth-order valence-electron chi connectivity index (χ4n) is 0.924. The quantitative estimate of drug-likeness (QED) is 0.731. The maximum atomic E-state index is 11.8. The van der Waals surface area contributed by atoms with Gasteiger partial charge in [-0.15, -0.1) is 0 Å². The number of alkyl halides is 3. The Morgan fingerprint density at radius 3 is 2.73 bits per heavy atom. The molecule has 0 fully saturated rings. The largest absolute Gasteiger partial charge is 0.467 e. The van der Waals surface area contributed by atoms with Gasteiger partial charge < -0.3 is 4.74 Å². The highest BCUT2D eigenvalue weighted by Crippen LogP contribution is 2.19. The summed E-state index contributed by atoms with van der Waals surface area (Å²) in [7, 11) is 0. The van der Waals surface area contributed by atoms with Gasteiger partial charge in [0.05, 0.1) is 5.56 Å². The first-order chi connectivity index (χ1) is 6.90. The topological polar surface area (TPSA) is 39.2 Å². The maximum absolute atomic E-state index is 11.8. The average Bonchev–Trinajstić information content (AvgIpc) is 2.14. The van der Waals surface area contributed by atoms with Gasteiger partial charge in [-0.3, -0.25) is 4.79 Å². The van der Waals surface area contributed by atoms with Crippen LogP contribution in [-0.4, -0.2) is 23.6 Å². The van der Waals surface area contributed by atoms with Crippen molar-refractivity contribution in [2.45, 2.75) is 13.1 Å². The highest BCUT2D eigenvalue weighted by Gasteiger charge is 2.29. The van der Waals surface area contributed by atoms with Crippen LogP contribution in [0.3, 0.4) is 0 Å². The first-order valence-electron chi connectivity index (χ1n) is 4.05.